The topological polar surface area (TPSA) is 246 Å². The number of anilines is 8. The SMILES string of the molecule is C[C@@H]1OCCN(c2cc(=O)[nH]c(N3CCC[C@@H]3Cc3ccccc3)n2)[C@@H]1C.C[C@@H]1OCCN(c2cc(=O)[nH]c(N3CCC[C@@H]3Cc3ccccc3)n2)[C@H]1C.C[C@@H]1OCCN(c2cc(=O)[nH]c(N3CCC[C@H]3Cc3ccccc3)n2)[C@@H]1C.C[C@@H]1OCCN(c2cc(=O)[nH]c(N3CCC[C@H]3Cc3ccccc3)n2)[C@H]1C. The molecule has 12 heterocycles. The molecule has 16 rings (SSSR count). The second-order valence-corrected chi connectivity index (χ2v) is 30.5. The van der Waals surface area contributed by atoms with Crippen LogP contribution in [0.1, 0.15) is 129 Å². The highest BCUT2D eigenvalue weighted by Gasteiger charge is 2.36. The highest BCUT2D eigenvalue weighted by Crippen LogP contribution is 2.33. The summed E-state index contributed by atoms with van der Waals surface area (Å²) in [6.45, 7) is 26.2. The van der Waals surface area contributed by atoms with Crippen LogP contribution in [0.15, 0.2) is 165 Å². The lowest BCUT2D eigenvalue weighted by atomic mass is 10.0. The van der Waals surface area contributed by atoms with E-state index in [1.807, 2.05) is 24.3 Å². The van der Waals surface area contributed by atoms with Crippen molar-refractivity contribution < 1.29 is 18.9 Å². The Morgan fingerprint density at radius 2 is 0.500 bits per heavy atom. The van der Waals surface area contributed by atoms with Crippen molar-refractivity contribution in [1.29, 1.82) is 0 Å². The minimum absolute atomic E-state index is 0.0910. The summed E-state index contributed by atoms with van der Waals surface area (Å²) in [7, 11) is 0. The largest absolute Gasteiger partial charge is 0.375 e. The summed E-state index contributed by atoms with van der Waals surface area (Å²) in [6.07, 6.45) is 13.4. The molecule has 0 aliphatic carbocycles. The van der Waals surface area contributed by atoms with E-state index in [1.54, 1.807) is 24.3 Å². The van der Waals surface area contributed by atoms with E-state index in [0.29, 0.717) is 74.4 Å². The maximum absolute atomic E-state index is 12.4. The van der Waals surface area contributed by atoms with Gasteiger partial charge in [-0.25, -0.2) is 0 Å². The van der Waals surface area contributed by atoms with Gasteiger partial charge in [0.1, 0.15) is 23.3 Å². The first kappa shape index (κ1) is 76.8. The molecule has 12 atom stereocenters. The van der Waals surface area contributed by atoms with Crippen molar-refractivity contribution in [2.75, 3.05) is 118 Å². The lowest BCUT2D eigenvalue weighted by Crippen LogP contribution is -2.49. The molecule has 108 heavy (non-hydrogen) atoms. The molecule has 24 heteroatoms. The predicted octanol–water partition coefficient (Wildman–Crippen LogP) is 10.4. The van der Waals surface area contributed by atoms with Gasteiger partial charge in [0.15, 0.2) is 0 Å². The van der Waals surface area contributed by atoms with Gasteiger partial charge in [0.2, 0.25) is 23.8 Å². The van der Waals surface area contributed by atoms with Gasteiger partial charge in [0.05, 0.1) is 75.0 Å². The van der Waals surface area contributed by atoms with Crippen LogP contribution in [-0.2, 0) is 44.6 Å². The molecule has 8 aliphatic heterocycles. The van der Waals surface area contributed by atoms with Gasteiger partial charge in [-0.3, -0.25) is 39.1 Å². The van der Waals surface area contributed by atoms with E-state index < -0.39 is 0 Å². The van der Waals surface area contributed by atoms with Crippen molar-refractivity contribution in [1.82, 2.24) is 39.9 Å². The lowest BCUT2D eigenvalue weighted by Gasteiger charge is -2.38. The minimum atomic E-state index is -0.0910. The fraction of sp³-hybridized carbons (Fsp3) is 0.524. The molecule has 24 nitrogen and oxygen atoms in total. The third-order valence-corrected chi connectivity index (χ3v) is 23.4. The smallest absolute Gasteiger partial charge is 0.254 e. The minimum Gasteiger partial charge on any atom is -0.375 e. The van der Waals surface area contributed by atoms with Gasteiger partial charge < -0.3 is 58.1 Å². The van der Waals surface area contributed by atoms with Crippen LogP contribution in [0.25, 0.3) is 0 Å². The zero-order chi connectivity index (χ0) is 75.2. The molecule has 0 spiro atoms. The molecule has 8 aromatic rings. The maximum atomic E-state index is 12.4. The zero-order valence-electron chi connectivity index (χ0n) is 64.4. The highest BCUT2D eigenvalue weighted by atomic mass is 16.5. The first-order valence-corrected chi connectivity index (χ1v) is 39.7. The normalized spacial score (nSPS) is 25.8. The summed E-state index contributed by atoms with van der Waals surface area (Å²) < 4.78 is 22.9. The molecule has 8 saturated heterocycles. The number of nitrogens with zero attached hydrogens (tertiary/aromatic N) is 12. The van der Waals surface area contributed by atoms with Gasteiger partial charge in [-0.1, -0.05) is 121 Å². The van der Waals surface area contributed by atoms with Crippen LogP contribution in [-0.4, -0.2) is 191 Å². The summed E-state index contributed by atoms with van der Waals surface area (Å²) >= 11 is 0. The Labute approximate surface area is 635 Å². The third kappa shape index (κ3) is 19.2. The van der Waals surface area contributed by atoms with Crippen LogP contribution in [0.3, 0.4) is 0 Å². The van der Waals surface area contributed by atoms with Crippen molar-refractivity contribution in [2.45, 2.75) is 205 Å². The van der Waals surface area contributed by atoms with Crippen molar-refractivity contribution in [3.8, 4) is 0 Å². The van der Waals surface area contributed by atoms with E-state index in [1.165, 1.54) is 22.3 Å². The fourth-order valence-corrected chi connectivity index (χ4v) is 16.7. The van der Waals surface area contributed by atoms with Crippen LogP contribution in [0.2, 0.25) is 0 Å². The molecule has 0 amide bonds. The average Bonchev–Trinajstić information content (AvgIpc) is 1.41. The third-order valence-electron chi connectivity index (χ3n) is 23.4. The van der Waals surface area contributed by atoms with Gasteiger partial charge in [0, 0.05) is 101 Å². The number of aromatic amines is 4. The number of morpholine rings is 4. The summed E-state index contributed by atoms with van der Waals surface area (Å²) in [6, 6.07) is 50.8. The van der Waals surface area contributed by atoms with Gasteiger partial charge in [-0.05, 0) is 155 Å². The number of benzene rings is 4. The number of hydrogen-bond acceptors (Lipinski definition) is 20. The number of rotatable bonds is 16. The number of hydrogen-bond donors (Lipinski definition) is 4. The molecule has 0 bridgehead atoms. The maximum Gasteiger partial charge on any atom is 0.254 e. The van der Waals surface area contributed by atoms with E-state index in [-0.39, 0.29) is 70.8 Å². The van der Waals surface area contributed by atoms with Gasteiger partial charge in [0.25, 0.3) is 22.2 Å². The fourth-order valence-electron chi connectivity index (χ4n) is 16.7. The quantitative estimate of drug-likeness (QED) is 0.0702. The number of aromatic nitrogens is 8. The Morgan fingerprint density at radius 1 is 0.296 bits per heavy atom. The lowest BCUT2D eigenvalue weighted by molar-refractivity contribution is 0.0280. The molecule has 8 aliphatic rings. The Hall–Kier alpha value is -9.36. The second kappa shape index (κ2) is 36.2. The summed E-state index contributed by atoms with van der Waals surface area (Å²) in [5.74, 6) is 5.79. The van der Waals surface area contributed by atoms with Crippen LogP contribution >= 0.6 is 0 Å². The molecule has 4 N–H and O–H groups in total. The summed E-state index contributed by atoms with van der Waals surface area (Å²) in [5.41, 5.74) is 4.93. The van der Waals surface area contributed by atoms with Crippen LogP contribution in [0, 0.1) is 0 Å². The Morgan fingerprint density at radius 3 is 0.704 bits per heavy atom. The van der Waals surface area contributed by atoms with Crippen molar-refractivity contribution in [3.63, 3.8) is 0 Å². The average molecular weight is 1470 g/mol. The monoisotopic (exact) mass is 1470 g/mol. The predicted molar refractivity (Wildman–Crippen MR) is 430 cm³/mol. The molecular formula is C84H112N16O8. The summed E-state index contributed by atoms with van der Waals surface area (Å²) in [5, 5.41) is 0. The van der Waals surface area contributed by atoms with E-state index in [9.17, 15) is 19.2 Å². The summed E-state index contributed by atoms with van der Waals surface area (Å²) in [4.78, 5) is 98.7. The molecule has 4 aromatic carbocycles. The molecule has 8 fully saturated rings. The standard InChI is InChI=1S/4C21H28N4O2/c4*1-15-16(2)27-12-11-24(15)19-14-20(26)23-21(22-19)25-10-6-9-18(25)13-17-7-4-3-5-8-17/h4*3-5,7-8,14-16,18H,6,9-13H2,1-2H3,(H,22,23,26)/t15-,16+,18+;15-,16+,18-;15-,16-,18+;15-,16-,18-/m1100/s1. The molecule has 576 valence electrons. The molecule has 0 unspecified atom stereocenters. The number of nitrogens with one attached hydrogen (secondary N) is 4. The Balaban J connectivity index is 0.000000127. The highest BCUT2D eigenvalue weighted by molar-refractivity contribution is 5.51. The van der Waals surface area contributed by atoms with Gasteiger partial charge >= 0.3 is 0 Å². The van der Waals surface area contributed by atoms with Crippen LogP contribution in [0.5, 0.6) is 0 Å². The van der Waals surface area contributed by atoms with Gasteiger partial charge in [-0.15, -0.1) is 0 Å². The number of H-pyrrole nitrogens is 4. The van der Waals surface area contributed by atoms with E-state index in [2.05, 4.69) is 212 Å². The zero-order valence-corrected chi connectivity index (χ0v) is 64.4. The van der Waals surface area contributed by atoms with Gasteiger partial charge in [-0.2, -0.15) is 19.9 Å². The van der Waals surface area contributed by atoms with E-state index >= 15 is 0 Å². The molecular weight excluding hydrogens is 1360 g/mol. The van der Waals surface area contributed by atoms with Crippen molar-refractivity contribution in [2.24, 2.45) is 0 Å². The van der Waals surface area contributed by atoms with Crippen molar-refractivity contribution >= 4 is 47.1 Å². The first-order chi connectivity index (χ1) is 52.5. The van der Waals surface area contributed by atoms with Crippen molar-refractivity contribution in [3.05, 3.63) is 209 Å². The van der Waals surface area contributed by atoms with Crippen LogP contribution in [0.4, 0.5) is 47.1 Å². The van der Waals surface area contributed by atoms with Crippen LogP contribution < -0.4 is 61.4 Å². The molecule has 4 aromatic heterocycles. The second-order valence-electron chi connectivity index (χ2n) is 30.5. The molecule has 0 radical (unpaired) electrons. The van der Waals surface area contributed by atoms with E-state index in [4.69, 9.17) is 38.9 Å². The van der Waals surface area contributed by atoms with E-state index in [0.717, 1.165) is 153 Å². The molecule has 0 saturated carbocycles. The first-order valence-electron chi connectivity index (χ1n) is 39.7. The Kier molecular flexibility index (Phi) is 25.8. The number of ether oxygens (including phenoxy) is 4. The Bertz CT molecular complexity index is 3850.